The van der Waals surface area contributed by atoms with Crippen LogP contribution in [-0.4, -0.2) is 21.9 Å². The lowest BCUT2D eigenvalue weighted by molar-refractivity contribution is -0.113. The van der Waals surface area contributed by atoms with Gasteiger partial charge in [-0.3, -0.25) is 4.79 Å². The molecule has 3 aromatic rings. The standard InChI is InChI=1S/C20H18FN3OS/c1-13-9-14(2)11-17(10-13)22-19(25)12-26-20-8-7-18(23-24-20)15-3-5-16(21)6-4-15/h3-11H,12H2,1-2H3,(H,22,25). The second-order valence-corrected chi connectivity index (χ2v) is 6.97. The highest BCUT2D eigenvalue weighted by atomic mass is 32.2. The van der Waals surface area contributed by atoms with E-state index in [0.717, 1.165) is 22.4 Å². The molecular weight excluding hydrogens is 349 g/mol. The van der Waals surface area contributed by atoms with Crippen LogP contribution in [-0.2, 0) is 4.79 Å². The van der Waals surface area contributed by atoms with Crippen LogP contribution >= 0.6 is 11.8 Å². The second-order valence-electron chi connectivity index (χ2n) is 5.98. The third kappa shape index (κ3) is 4.89. The summed E-state index contributed by atoms with van der Waals surface area (Å²) >= 11 is 1.32. The van der Waals surface area contributed by atoms with E-state index in [9.17, 15) is 9.18 Å². The Morgan fingerprint density at radius 1 is 1.00 bits per heavy atom. The van der Waals surface area contributed by atoms with Crippen LogP contribution in [0.4, 0.5) is 10.1 Å². The van der Waals surface area contributed by atoms with Gasteiger partial charge in [-0.25, -0.2) is 4.39 Å². The molecule has 6 heteroatoms. The molecule has 1 aromatic heterocycles. The van der Waals surface area contributed by atoms with E-state index in [1.54, 1.807) is 18.2 Å². The second kappa shape index (κ2) is 8.10. The molecule has 0 unspecified atom stereocenters. The fourth-order valence-corrected chi connectivity index (χ4v) is 3.17. The first-order valence-corrected chi connectivity index (χ1v) is 9.09. The van der Waals surface area contributed by atoms with Gasteiger partial charge in [0.15, 0.2) is 0 Å². The van der Waals surface area contributed by atoms with Crippen molar-refractivity contribution in [2.75, 3.05) is 11.1 Å². The molecule has 0 fully saturated rings. The molecule has 0 bridgehead atoms. The molecule has 0 radical (unpaired) electrons. The number of nitrogens with one attached hydrogen (secondary N) is 1. The van der Waals surface area contributed by atoms with Crippen LogP contribution in [0.25, 0.3) is 11.3 Å². The first kappa shape index (κ1) is 18.1. The summed E-state index contributed by atoms with van der Waals surface area (Å²) in [6.07, 6.45) is 0. The number of anilines is 1. The number of aromatic nitrogens is 2. The molecule has 1 amide bonds. The fourth-order valence-electron chi connectivity index (χ4n) is 2.56. The zero-order chi connectivity index (χ0) is 18.5. The Bertz CT molecular complexity index is 891. The molecule has 1 heterocycles. The number of nitrogens with zero attached hydrogens (tertiary/aromatic N) is 2. The van der Waals surface area contributed by atoms with E-state index >= 15 is 0 Å². The summed E-state index contributed by atoms with van der Waals surface area (Å²) in [6, 6.07) is 15.6. The quantitative estimate of drug-likeness (QED) is 0.668. The number of hydrogen-bond donors (Lipinski definition) is 1. The lowest BCUT2D eigenvalue weighted by atomic mass is 10.1. The van der Waals surface area contributed by atoms with Gasteiger partial charge >= 0.3 is 0 Å². The van der Waals surface area contributed by atoms with Crippen molar-refractivity contribution >= 4 is 23.4 Å². The summed E-state index contributed by atoms with van der Waals surface area (Å²) in [5.74, 6) is -0.134. The summed E-state index contributed by atoms with van der Waals surface area (Å²) in [5.41, 5.74) is 4.47. The molecule has 3 rings (SSSR count). The number of aryl methyl sites for hydroxylation is 2. The van der Waals surface area contributed by atoms with Crippen molar-refractivity contribution in [3.05, 3.63) is 71.5 Å². The van der Waals surface area contributed by atoms with Crippen LogP contribution in [0.2, 0.25) is 0 Å². The summed E-state index contributed by atoms with van der Waals surface area (Å²) in [4.78, 5) is 12.1. The Kier molecular flexibility index (Phi) is 5.63. The van der Waals surface area contributed by atoms with E-state index in [4.69, 9.17) is 0 Å². The molecule has 0 saturated heterocycles. The topological polar surface area (TPSA) is 54.9 Å². The van der Waals surface area contributed by atoms with Gasteiger partial charge in [0.25, 0.3) is 0 Å². The third-order valence-electron chi connectivity index (χ3n) is 3.64. The molecule has 0 aliphatic rings. The van der Waals surface area contributed by atoms with E-state index in [-0.39, 0.29) is 17.5 Å². The number of thioether (sulfide) groups is 1. The zero-order valence-corrected chi connectivity index (χ0v) is 15.3. The highest BCUT2D eigenvalue weighted by molar-refractivity contribution is 7.99. The van der Waals surface area contributed by atoms with Gasteiger partial charge in [0.05, 0.1) is 11.4 Å². The van der Waals surface area contributed by atoms with Gasteiger partial charge in [-0.05, 0) is 73.5 Å². The van der Waals surface area contributed by atoms with Crippen molar-refractivity contribution in [3.8, 4) is 11.3 Å². The minimum absolute atomic E-state index is 0.0931. The Morgan fingerprint density at radius 3 is 2.31 bits per heavy atom. The predicted molar refractivity (Wildman–Crippen MR) is 103 cm³/mol. The lowest BCUT2D eigenvalue weighted by Crippen LogP contribution is -2.14. The van der Waals surface area contributed by atoms with Crippen LogP contribution in [0.3, 0.4) is 0 Å². The molecular formula is C20H18FN3OS. The summed E-state index contributed by atoms with van der Waals surface area (Å²) in [7, 11) is 0. The van der Waals surface area contributed by atoms with Gasteiger partial charge in [-0.15, -0.1) is 10.2 Å². The van der Waals surface area contributed by atoms with Gasteiger partial charge in [0.2, 0.25) is 5.91 Å². The van der Waals surface area contributed by atoms with Crippen molar-refractivity contribution in [1.82, 2.24) is 10.2 Å². The zero-order valence-electron chi connectivity index (χ0n) is 14.5. The Hall–Kier alpha value is -2.73. The average molecular weight is 367 g/mol. The van der Waals surface area contributed by atoms with Crippen molar-refractivity contribution in [2.24, 2.45) is 0 Å². The molecule has 0 atom stereocenters. The molecule has 0 aliphatic heterocycles. The van der Waals surface area contributed by atoms with E-state index < -0.39 is 0 Å². The Morgan fingerprint density at radius 2 is 1.69 bits per heavy atom. The van der Waals surface area contributed by atoms with E-state index in [0.29, 0.717) is 10.7 Å². The highest BCUT2D eigenvalue weighted by Crippen LogP contribution is 2.20. The minimum Gasteiger partial charge on any atom is -0.325 e. The van der Waals surface area contributed by atoms with Crippen LogP contribution < -0.4 is 5.32 Å². The number of rotatable bonds is 5. The molecule has 1 N–H and O–H groups in total. The Labute approximate surface area is 155 Å². The largest absolute Gasteiger partial charge is 0.325 e. The van der Waals surface area contributed by atoms with Crippen molar-refractivity contribution in [3.63, 3.8) is 0 Å². The highest BCUT2D eigenvalue weighted by Gasteiger charge is 2.07. The average Bonchev–Trinajstić information content (AvgIpc) is 2.60. The van der Waals surface area contributed by atoms with Crippen LogP contribution in [0.15, 0.2) is 59.6 Å². The molecule has 26 heavy (non-hydrogen) atoms. The van der Waals surface area contributed by atoms with E-state index in [1.807, 2.05) is 32.0 Å². The molecule has 0 spiro atoms. The molecule has 4 nitrogen and oxygen atoms in total. The maximum absolute atomic E-state index is 13.0. The maximum Gasteiger partial charge on any atom is 0.234 e. The molecule has 0 aliphatic carbocycles. The lowest BCUT2D eigenvalue weighted by Gasteiger charge is -2.07. The van der Waals surface area contributed by atoms with Gasteiger partial charge < -0.3 is 5.32 Å². The smallest absolute Gasteiger partial charge is 0.234 e. The van der Waals surface area contributed by atoms with E-state index in [1.165, 1.54) is 23.9 Å². The molecule has 2 aromatic carbocycles. The summed E-state index contributed by atoms with van der Waals surface area (Å²) < 4.78 is 13.0. The van der Waals surface area contributed by atoms with Crippen molar-refractivity contribution in [1.29, 1.82) is 0 Å². The van der Waals surface area contributed by atoms with Crippen molar-refractivity contribution in [2.45, 2.75) is 18.9 Å². The predicted octanol–water partition coefficient (Wildman–Crippen LogP) is 4.63. The number of benzene rings is 2. The van der Waals surface area contributed by atoms with Gasteiger partial charge in [-0.1, -0.05) is 17.8 Å². The van der Waals surface area contributed by atoms with E-state index in [2.05, 4.69) is 21.6 Å². The van der Waals surface area contributed by atoms with Gasteiger partial charge in [0, 0.05) is 11.3 Å². The maximum atomic E-state index is 13.0. The summed E-state index contributed by atoms with van der Waals surface area (Å²) in [5, 5.41) is 11.8. The first-order chi connectivity index (χ1) is 12.5. The Balaban J connectivity index is 1.57. The number of carbonyl (C=O) groups excluding carboxylic acids is 1. The number of hydrogen-bond acceptors (Lipinski definition) is 4. The van der Waals surface area contributed by atoms with Crippen molar-refractivity contribution < 1.29 is 9.18 Å². The summed E-state index contributed by atoms with van der Waals surface area (Å²) in [6.45, 7) is 3.99. The molecule has 0 saturated carbocycles. The number of amides is 1. The first-order valence-electron chi connectivity index (χ1n) is 8.10. The minimum atomic E-state index is -0.288. The van der Waals surface area contributed by atoms with Crippen LogP contribution in [0, 0.1) is 19.7 Å². The van der Waals surface area contributed by atoms with Crippen LogP contribution in [0.1, 0.15) is 11.1 Å². The number of halogens is 1. The monoisotopic (exact) mass is 367 g/mol. The normalized spacial score (nSPS) is 10.6. The van der Waals surface area contributed by atoms with Crippen LogP contribution in [0.5, 0.6) is 0 Å². The molecule has 132 valence electrons. The fraction of sp³-hybridized carbons (Fsp3) is 0.150. The van der Waals surface area contributed by atoms with Gasteiger partial charge in [-0.2, -0.15) is 0 Å². The number of carbonyl (C=O) groups is 1. The SMILES string of the molecule is Cc1cc(C)cc(NC(=O)CSc2ccc(-c3ccc(F)cc3)nn2)c1. The van der Waals surface area contributed by atoms with Gasteiger partial charge in [0.1, 0.15) is 10.8 Å². The third-order valence-corrected chi connectivity index (χ3v) is 4.56.